The van der Waals surface area contributed by atoms with Crippen molar-refractivity contribution in [1.29, 1.82) is 0 Å². The van der Waals surface area contributed by atoms with Gasteiger partial charge in [0.05, 0.1) is 11.7 Å². The second-order valence-electron chi connectivity index (χ2n) is 3.06. The first-order valence-corrected chi connectivity index (χ1v) is 5.42. The first kappa shape index (κ1) is 13.9. The van der Waals surface area contributed by atoms with Gasteiger partial charge in [-0.1, -0.05) is 6.92 Å². The number of ketones is 1. The van der Waals surface area contributed by atoms with E-state index in [1.807, 2.05) is 0 Å². The van der Waals surface area contributed by atoms with Gasteiger partial charge >= 0.3 is 11.9 Å². The van der Waals surface area contributed by atoms with Crippen LogP contribution in [-0.4, -0.2) is 32.2 Å². The Kier molecular flexibility index (Phi) is 5.95. The molecule has 0 fully saturated rings. The van der Waals surface area contributed by atoms with E-state index in [2.05, 4.69) is 4.74 Å². The third kappa shape index (κ3) is 6.92. The molecule has 0 amide bonds. The maximum absolute atomic E-state index is 11.1. The van der Waals surface area contributed by atoms with Gasteiger partial charge in [-0.25, -0.2) is 4.21 Å². The topological polar surface area (TPSA) is 97.7 Å². The number of ether oxygens (including phenoxy) is 1. The average molecular weight is 236 g/mol. The van der Waals surface area contributed by atoms with Crippen molar-refractivity contribution in [1.82, 2.24) is 0 Å². The fourth-order valence-electron chi connectivity index (χ4n) is 0.734. The zero-order valence-electron chi connectivity index (χ0n) is 8.39. The van der Waals surface area contributed by atoms with Crippen LogP contribution in [0.2, 0.25) is 0 Å². The lowest BCUT2D eigenvalue weighted by Crippen LogP contribution is -2.24. The first-order chi connectivity index (χ1) is 6.82. The number of carbonyl (C=O) groups is 3. The molecule has 2 unspecified atom stereocenters. The Balaban J connectivity index is 4.07. The summed E-state index contributed by atoms with van der Waals surface area (Å²) in [6, 6.07) is 0. The van der Waals surface area contributed by atoms with E-state index in [-0.39, 0.29) is 5.75 Å². The molecular weight excluding hydrogens is 224 g/mol. The normalized spacial score (nSPS) is 14.1. The summed E-state index contributed by atoms with van der Waals surface area (Å²) < 4.78 is 23.1. The van der Waals surface area contributed by atoms with Crippen LogP contribution in [0.5, 0.6) is 0 Å². The number of hydrogen-bond donors (Lipinski definition) is 1. The molecule has 0 heterocycles. The van der Waals surface area contributed by atoms with Crippen LogP contribution in [0.15, 0.2) is 0 Å². The number of esters is 2. The summed E-state index contributed by atoms with van der Waals surface area (Å²) in [7, 11) is 0. The van der Waals surface area contributed by atoms with Crippen molar-refractivity contribution in [3.8, 4) is 0 Å². The predicted molar refractivity (Wildman–Crippen MR) is 51.2 cm³/mol. The molecule has 1 N–H and O–H groups in total. The second kappa shape index (κ2) is 6.41. The molecule has 7 heteroatoms. The highest BCUT2D eigenvalue weighted by molar-refractivity contribution is 7.79. The van der Waals surface area contributed by atoms with Gasteiger partial charge in [-0.2, -0.15) is 0 Å². The summed E-state index contributed by atoms with van der Waals surface area (Å²) in [5.74, 6) is -3.41. The Hall–Kier alpha value is -1.08. The summed E-state index contributed by atoms with van der Waals surface area (Å²) in [5, 5.41) is 0. The molecule has 0 aromatic rings. The van der Waals surface area contributed by atoms with Gasteiger partial charge in [0.2, 0.25) is 0 Å². The molecule has 0 aromatic heterocycles. The Morgan fingerprint density at radius 1 is 1.40 bits per heavy atom. The van der Waals surface area contributed by atoms with E-state index in [4.69, 9.17) is 4.55 Å². The molecule has 15 heavy (non-hydrogen) atoms. The molecule has 0 spiro atoms. The fraction of sp³-hybridized carbons (Fsp3) is 0.625. The van der Waals surface area contributed by atoms with Gasteiger partial charge < -0.3 is 9.29 Å². The molecule has 0 saturated carbocycles. The van der Waals surface area contributed by atoms with E-state index in [0.29, 0.717) is 0 Å². The average Bonchev–Trinajstić information content (AvgIpc) is 2.00. The number of hydrogen-bond acceptors (Lipinski definition) is 5. The third-order valence-electron chi connectivity index (χ3n) is 1.40. The van der Waals surface area contributed by atoms with Crippen molar-refractivity contribution in [2.45, 2.75) is 20.3 Å². The van der Waals surface area contributed by atoms with Crippen LogP contribution in [0.1, 0.15) is 20.3 Å². The minimum atomic E-state index is -2.12. The van der Waals surface area contributed by atoms with Crippen molar-refractivity contribution >= 4 is 28.8 Å². The maximum Gasteiger partial charge on any atom is 0.320 e. The summed E-state index contributed by atoms with van der Waals surface area (Å²) in [6.45, 7) is 2.55. The second-order valence-corrected chi connectivity index (χ2v) is 4.04. The zero-order valence-corrected chi connectivity index (χ0v) is 9.20. The molecule has 0 bridgehead atoms. The van der Waals surface area contributed by atoms with Crippen LogP contribution in [0.3, 0.4) is 0 Å². The summed E-state index contributed by atoms with van der Waals surface area (Å²) in [5.41, 5.74) is 0. The van der Waals surface area contributed by atoms with Crippen LogP contribution in [0.4, 0.5) is 0 Å². The highest BCUT2D eigenvalue weighted by Gasteiger charge is 2.20. The van der Waals surface area contributed by atoms with Crippen LogP contribution in [0.25, 0.3) is 0 Å². The zero-order chi connectivity index (χ0) is 12.0. The van der Waals surface area contributed by atoms with Gasteiger partial charge in [0, 0.05) is 0 Å². The Morgan fingerprint density at radius 2 is 1.93 bits per heavy atom. The van der Waals surface area contributed by atoms with Gasteiger partial charge in [0.1, 0.15) is 12.2 Å². The molecule has 0 rings (SSSR count). The van der Waals surface area contributed by atoms with E-state index in [0.717, 1.165) is 0 Å². The Morgan fingerprint density at radius 3 is 2.33 bits per heavy atom. The van der Waals surface area contributed by atoms with E-state index < -0.39 is 41.1 Å². The highest BCUT2D eigenvalue weighted by atomic mass is 32.2. The Bertz CT molecular complexity index is 298. The largest absolute Gasteiger partial charge is 0.393 e. The minimum absolute atomic E-state index is 0.299. The molecule has 0 aliphatic rings. The van der Waals surface area contributed by atoms with Crippen LogP contribution >= 0.6 is 0 Å². The Labute approximate surface area is 89.3 Å². The van der Waals surface area contributed by atoms with E-state index in [1.165, 1.54) is 13.8 Å². The molecule has 0 aromatic carbocycles. The van der Waals surface area contributed by atoms with E-state index >= 15 is 0 Å². The summed E-state index contributed by atoms with van der Waals surface area (Å²) in [6.07, 6.45) is -0.472. The predicted octanol–water partition coefficient (Wildman–Crippen LogP) is -0.107. The van der Waals surface area contributed by atoms with Crippen molar-refractivity contribution in [2.75, 3.05) is 5.75 Å². The number of rotatable bonds is 5. The van der Waals surface area contributed by atoms with Crippen molar-refractivity contribution in [2.24, 2.45) is 5.92 Å². The smallest absolute Gasteiger partial charge is 0.320 e. The lowest BCUT2D eigenvalue weighted by molar-refractivity contribution is -0.162. The van der Waals surface area contributed by atoms with E-state index in [9.17, 15) is 18.6 Å². The number of carbonyl (C=O) groups excluding carboxylic acids is 3. The molecule has 0 radical (unpaired) electrons. The van der Waals surface area contributed by atoms with Crippen molar-refractivity contribution in [3.05, 3.63) is 0 Å². The molecule has 0 aliphatic carbocycles. The summed E-state index contributed by atoms with van der Waals surface area (Å²) >= 11 is -2.12. The van der Waals surface area contributed by atoms with Crippen molar-refractivity contribution in [3.63, 3.8) is 0 Å². The summed E-state index contributed by atoms with van der Waals surface area (Å²) in [4.78, 5) is 32.4. The van der Waals surface area contributed by atoms with Gasteiger partial charge in [-0.15, -0.1) is 0 Å². The van der Waals surface area contributed by atoms with Crippen LogP contribution in [-0.2, 0) is 30.2 Å². The molecule has 2 atom stereocenters. The molecule has 6 nitrogen and oxygen atoms in total. The molecule has 0 aliphatic heterocycles. The van der Waals surface area contributed by atoms with E-state index in [1.54, 1.807) is 0 Å². The molecule has 86 valence electrons. The molecule has 0 saturated heterocycles. The SMILES string of the molecule is CC(=O)CC(=O)OC(=O)C(C)CS(=O)O. The van der Waals surface area contributed by atoms with Gasteiger partial charge in [0.25, 0.3) is 0 Å². The maximum atomic E-state index is 11.1. The standard InChI is InChI=1S/C8H12O6S/c1-5(4-15(12)13)8(11)14-7(10)3-6(2)9/h5H,3-4H2,1-2H3,(H,12,13). The van der Waals surface area contributed by atoms with Gasteiger partial charge in [-0.3, -0.25) is 14.4 Å². The minimum Gasteiger partial charge on any atom is -0.393 e. The fourth-order valence-corrected chi connectivity index (χ4v) is 1.30. The highest BCUT2D eigenvalue weighted by Crippen LogP contribution is 2.02. The monoisotopic (exact) mass is 236 g/mol. The van der Waals surface area contributed by atoms with Gasteiger partial charge in [-0.05, 0) is 6.92 Å². The van der Waals surface area contributed by atoms with Crippen molar-refractivity contribution < 1.29 is 27.9 Å². The van der Waals surface area contributed by atoms with Crippen LogP contribution in [0, 0.1) is 5.92 Å². The first-order valence-electron chi connectivity index (χ1n) is 4.14. The third-order valence-corrected chi connectivity index (χ3v) is 2.19. The number of Topliss-reactive ketones (excluding diaryl/α,β-unsaturated/α-hetero) is 1. The van der Waals surface area contributed by atoms with Gasteiger partial charge in [0.15, 0.2) is 11.1 Å². The quantitative estimate of drug-likeness (QED) is 0.406. The lowest BCUT2D eigenvalue weighted by atomic mass is 10.2. The molecular formula is C8H12O6S. The van der Waals surface area contributed by atoms with Crippen LogP contribution < -0.4 is 0 Å². The lowest BCUT2D eigenvalue weighted by Gasteiger charge is -2.06.